The third-order valence-corrected chi connectivity index (χ3v) is 9.87. The molecule has 4 heterocycles. The van der Waals surface area contributed by atoms with Crippen molar-refractivity contribution < 1.29 is 67.2 Å². The number of aliphatic hydroxyl groups is 2. The van der Waals surface area contributed by atoms with Crippen LogP contribution in [0.1, 0.15) is 34.1 Å². The van der Waals surface area contributed by atoms with Crippen LogP contribution in [0.4, 0.5) is 0 Å². The van der Waals surface area contributed by atoms with E-state index >= 15 is 0 Å². The van der Waals surface area contributed by atoms with E-state index in [0.29, 0.717) is 0 Å². The maximum Gasteiger partial charge on any atom is 0.471 e. The quantitative estimate of drug-likeness (QED) is 0.144. The number of carbonyl (C=O) groups excluding carboxylic acids is 3. The van der Waals surface area contributed by atoms with Gasteiger partial charge in [-0.1, -0.05) is 20.8 Å². The number of esters is 3. The number of phosphoric ester groups is 1. The summed E-state index contributed by atoms with van der Waals surface area (Å²) in [6, 6.07) is 0. The summed E-state index contributed by atoms with van der Waals surface area (Å²) in [6.45, 7) is 5.89. The summed E-state index contributed by atoms with van der Waals surface area (Å²) >= 11 is 0. The first-order valence-corrected chi connectivity index (χ1v) is 13.1. The SMILES string of the molecule is C[C@@H]1C(=O)OC2[C@H](O)C34C5C[C@@H](C(C)(C)C)C36[C@@H](OC(=O)[C@@H]6OCOP(=O)(O)O)OC4(C(=O)O5)[C@]21O. The second kappa shape index (κ2) is 6.67. The molecule has 0 radical (unpaired) electrons. The van der Waals surface area contributed by atoms with Crippen LogP contribution < -0.4 is 0 Å². The van der Waals surface area contributed by atoms with Gasteiger partial charge in [0.05, 0.1) is 16.7 Å². The average molecular weight is 534 g/mol. The highest BCUT2D eigenvalue weighted by molar-refractivity contribution is 7.46. The molecule has 11 atom stereocenters. The predicted molar refractivity (Wildman–Crippen MR) is 109 cm³/mol. The molecule has 0 aromatic heterocycles. The minimum atomic E-state index is -4.98. The van der Waals surface area contributed by atoms with Gasteiger partial charge in [-0.15, -0.1) is 0 Å². The number of ether oxygens (including phenoxy) is 5. The van der Waals surface area contributed by atoms with Crippen LogP contribution in [0.15, 0.2) is 0 Å². The Balaban J connectivity index is 1.60. The van der Waals surface area contributed by atoms with E-state index in [2.05, 4.69) is 4.52 Å². The third kappa shape index (κ3) is 2.23. The number of hydrogen-bond donors (Lipinski definition) is 4. The van der Waals surface area contributed by atoms with E-state index in [1.165, 1.54) is 6.92 Å². The van der Waals surface area contributed by atoms with Gasteiger partial charge in [-0.3, -0.25) is 9.32 Å². The van der Waals surface area contributed by atoms with Crippen LogP contribution in [0, 0.1) is 28.1 Å². The van der Waals surface area contributed by atoms with Crippen molar-refractivity contribution in [2.24, 2.45) is 28.1 Å². The Labute approximate surface area is 204 Å². The van der Waals surface area contributed by atoms with Gasteiger partial charge in [0.2, 0.25) is 11.9 Å². The smallest absolute Gasteiger partial charge is 0.459 e. The molecule has 2 saturated carbocycles. The van der Waals surface area contributed by atoms with Crippen molar-refractivity contribution in [2.45, 2.75) is 76.0 Å². The van der Waals surface area contributed by atoms with E-state index in [-0.39, 0.29) is 6.42 Å². The highest BCUT2D eigenvalue weighted by Gasteiger charge is 3.04. The van der Waals surface area contributed by atoms with Gasteiger partial charge in [0.1, 0.15) is 12.2 Å². The van der Waals surface area contributed by atoms with Crippen LogP contribution in [0.25, 0.3) is 0 Å². The Bertz CT molecular complexity index is 1130. The number of carbonyl (C=O) groups is 3. The Morgan fingerprint density at radius 3 is 2.39 bits per heavy atom. The van der Waals surface area contributed by atoms with Crippen molar-refractivity contribution in [3.05, 3.63) is 0 Å². The Morgan fingerprint density at radius 1 is 1.11 bits per heavy atom. The molecule has 0 aromatic carbocycles. The molecule has 14 nitrogen and oxygen atoms in total. The molecule has 6 rings (SSSR count). The molecule has 36 heavy (non-hydrogen) atoms. The second-order valence-corrected chi connectivity index (χ2v) is 12.8. The molecule has 15 heteroatoms. The lowest BCUT2D eigenvalue weighted by atomic mass is 9.51. The Hall–Kier alpha value is -1.64. The van der Waals surface area contributed by atoms with E-state index in [0.717, 1.165) is 0 Å². The number of rotatable bonds is 4. The standard InChI is InChI=1S/C21H27O14P/c1-7-13(23)33-11-10(22)19-9-5-8(17(2,3)4)18(19)12(30-6-31-36(27,28)29)14(24)34-16(18)35-21(19,15(25)32-9)20(7,11)26/h7-12,16,22,26H,5-6H2,1-4H3,(H2,27,28,29)/t7-,8+,9?,10+,11?,12+,16+,18?,19?,20-,21?/m1/s1. The van der Waals surface area contributed by atoms with Gasteiger partial charge in [0.15, 0.2) is 24.6 Å². The van der Waals surface area contributed by atoms with Crippen LogP contribution >= 0.6 is 7.82 Å². The van der Waals surface area contributed by atoms with Gasteiger partial charge in [-0.25, -0.2) is 14.2 Å². The van der Waals surface area contributed by atoms with E-state index in [1.807, 2.05) is 20.8 Å². The molecule has 2 spiro atoms. The molecular weight excluding hydrogens is 507 g/mol. The second-order valence-electron chi connectivity index (χ2n) is 11.6. The summed E-state index contributed by atoms with van der Waals surface area (Å²) in [4.78, 5) is 57.5. The topological polar surface area (TPSA) is 205 Å². The number of aliphatic hydroxyl groups excluding tert-OH is 1. The molecule has 200 valence electrons. The minimum Gasteiger partial charge on any atom is -0.459 e. The maximum atomic E-state index is 13.6. The molecule has 6 fully saturated rings. The fourth-order valence-corrected chi connectivity index (χ4v) is 8.66. The lowest BCUT2D eigenvalue weighted by molar-refractivity contribution is -0.240. The third-order valence-electron chi connectivity index (χ3n) is 9.42. The molecular formula is C21H27O14P. The largest absolute Gasteiger partial charge is 0.471 e. The summed E-state index contributed by atoms with van der Waals surface area (Å²) < 4.78 is 44.2. The highest BCUT2D eigenvalue weighted by atomic mass is 31.2. The van der Waals surface area contributed by atoms with Gasteiger partial charge >= 0.3 is 25.7 Å². The zero-order chi connectivity index (χ0) is 26.4. The van der Waals surface area contributed by atoms with E-state index < -0.39 is 103 Å². The fraction of sp³-hybridized carbons (Fsp3) is 0.857. The van der Waals surface area contributed by atoms with Crippen molar-refractivity contribution in [1.29, 1.82) is 0 Å². The summed E-state index contributed by atoms with van der Waals surface area (Å²) in [5, 5.41) is 23.9. The average Bonchev–Trinajstić information content (AvgIpc) is 3.45. The van der Waals surface area contributed by atoms with Crippen molar-refractivity contribution in [1.82, 2.24) is 0 Å². The van der Waals surface area contributed by atoms with Gasteiger partial charge < -0.3 is 43.7 Å². The molecule has 5 unspecified atom stereocenters. The Morgan fingerprint density at radius 2 is 1.78 bits per heavy atom. The van der Waals surface area contributed by atoms with Crippen molar-refractivity contribution >= 4 is 25.7 Å². The molecule has 4 aliphatic heterocycles. The summed E-state index contributed by atoms with van der Waals surface area (Å²) in [5.74, 6) is -4.75. The van der Waals surface area contributed by atoms with Crippen LogP contribution in [0.5, 0.6) is 0 Å². The zero-order valence-corrected chi connectivity index (χ0v) is 20.7. The first-order chi connectivity index (χ1) is 16.5. The zero-order valence-electron chi connectivity index (χ0n) is 19.8. The molecule has 4 saturated heterocycles. The lowest BCUT2D eigenvalue weighted by Crippen LogP contribution is -2.67. The molecule has 2 aliphatic carbocycles. The first-order valence-electron chi connectivity index (χ1n) is 11.5. The summed E-state index contributed by atoms with van der Waals surface area (Å²) in [7, 11) is -4.98. The van der Waals surface area contributed by atoms with Crippen molar-refractivity contribution in [3.8, 4) is 0 Å². The van der Waals surface area contributed by atoms with Crippen molar-refractivity contribution in [3.63, 3.8) is 0 Å². The molecule has 6 aliphatic rings. The van der Waals surface area contributed by atoms with Gasteiger partial charge in [-0.2, -0.15) is 0 Å². The highest BCUT2D eigenvalue weighted by Crippen LogP contribution is 2.84. The number of fused-ring (bicyclic) bond motifs is 1. The monoisotopic (exact) mass is 534 g/mol. The van der Waals surface area contributed by atoms with E-state index in [4.69, 9.17) is 33.5 Å². The number of hydrogen-bond acceptors (Lipinski definition) is 12. The molecule has 0 bridgehead atoms. The van der Waals surface area contributed by atoms with Crippen LogP contribution in [0.2, 0.25) is 0 Å². The molecule has 0 aromatic rings. The van der Waals surface area contributed by atoms with Crippen LogP contribution in [-0.2, 0) is 47.2 Å². The minimum absolute atomic E-state index is 0.120. The maximum absolute atomic E-state index is 13.6. The summed E-state index contributed by atoms with van der Waals surface area (Å²) in [6.07, 6.45) is -7.44. The van der Waals surface area contributed by atoms with Crippen LogP contribution in [-0.4, -0.2) is 86.6 Å². The normalized spacial score (nSPS) is 52.6. The van der Waals surface area contributed by atoms with Gasteiger partial charge in [-0.05, 0) is 24.7 Å². The van der Waals surface area contributed by atoms with Crippen LogP contribution in [0.3, 0.4) is 0 Å². The predicted octanol–water partition coefficient (Wildman–Crippen LogP) is -1.28. The summed E-state index contributed by atoms with van der Waals surface area (Å²) in [5.41, 5.74) is -8.92. The van der Waals surface area contributed by atoms with Gasteiger partial charge in [0, 0.05) is 0 Å². The lowest BCUT2D eigenvalue weighted by Gasteiger charge is -2.48. The molecule has 0 amide bonds. The van der Waals surface area contributed by atoms with Gasteiger partial charge in [0.25, 0.3) is 0 Å². The fourth-order valence-electron chi connectivity index (χ4n) is 8.47. The first kappa shape index (κ1) is 24.7. The van der Waals surface area contributed by atoms with E-state index in [9.17, 15) is 29.2 Å². The number of phosphoric acid groups is 1. The van der Waals surface area contributed by atoms with E-state index in [1.54, 1.807) is 0 Å². The Kier molecular flexibility index (Phi) is 4.57. The molecule has 4 N–H and O–H groups in total. The van der Waals surface area contributed by atoms with Crippen molar-refractivity contribution in [2.75, 3.05) is 6.79 Å².